The summed E-state index contributed by atoms with van der Waals surface area (Å²) in [6.45, 7) is 0.713. The van der Waals surface area contributed by atoms with Crippen molar-refractivity contribution >= 4 is 27.9 Å². The summed E-state index contributed by atoms with van der Waals surface area (Å²) in [5.74, 6) is -0.0323. The van der Waals surface area contributed by atoms with E-state index in [1.165, 1.54) is 22.3 Å². The first kappa shape index (κ1) is 27.0. The number of rotatable bonds is 6. The summed E-state index contributed by atoms with van der Waals surface area (Å²) in [6.07, 6.45) is 4.36. The molecule has 41 heavy (non-hydrogen) atoms. The smallest absolute Gasteiger partial charge is 0.407 e. The molecule has 2 atom stereocenters. The van der Waals surface area contributed by atoms with Crippen LogP contribution in [0.3, 0.4) is 0 Å². The number of ether oxygens (including phenoxy) is 1. The van der Waals surface area contributed by atoms with Gasteiger partial charge in [0.05, 0.1) is 6.04 Å². The van der Waals surface area contributed by atoms with E-state index in [4.69, 9.17) is 4.74 Å². The number of benzene rings is 4. The molecule has 1 aliphatic carbocycles. The molecule has 206 valence electrons. The van der Waals surface area contributed by atoms with E-state index in [0.717, 1.165) is 15.6 Å². The second-order valence-corrected chi connectivity index (χ2v) is 11.5. The van der Waals surface area contributed by atoms with Gasteiger partial charge in [0.15, 0.2) is 0 Å². The number of carbonyl (C=O) groups excluding carboxylic acids is 2. The van der Waals surface area contributed by atoms with Crippen molar-refractivity contribution in [3.8, 4) is 11.1 Å². The van der Waals surface area contributed by atoms with Crippen LogP contribution in [0.1, 0.15) is 47.1 Å². The zero-order valence-electron chi connectivity index (χ0n) is 22.6. The molecule has 2 aliphatic rings. The largest absolute Gasteiger partial charge is 0.449 e. The SMILES string of the molecule is O=C(N[C@H]1C/C=C\C(c2ccc(Br)cc2)N(Cc2ccccc2)C(=O)C1)OCC1c2ccccc2-c2ccccc21. The highest BCUT2D eigenvalue weighted by Gasteiger charge is 2.31. The molecule has 6 heteroatoms. The van der Waals surface area contributed by atoms with E-state index in [1.54, 1.807) is 0 Å². The molecule has 2 amide bonds. The quantitative estimate of drug-likeness (QED) is 0.228. The van der Waals surface area contributed by atoms with Crippen molar-refractivity contribution < 1.29 is 14.3 Å². The van der Waals surface area contributed by atoms with Crippen LogP contribution in [0.2, 0.25) is 0 Å². The van der Waals surface area contributed by atoms with Crippen molar-refractivity contribution in [1.82, 2.24) is 10.2 Å². The summed E-state index contributed by atoms with van der Waals surface area (Å²) in [4.78, 5) is 28.6. The highest BCUT2D eigenvalue weighted by Crippen LogP contribution is 2.44. The standard InChI is InChI=1S/C35H31BrN2O3/c36-26-19-17-25(18-20-26)33-16-8-11-27(21-34(39)38(33)22-24-9-2-1-3-10-24)37-35(40)41-23-32-30-14-6-4-12-28(30)29-13-5-7-15-31(29)32/h1-10,12-20,27,32-33H,11,21-23H2,(H,37,40)/b16-8-/t27-,33?/m0/s1. The fourth-order valence-electron chi connectivity index (χ4n) is 5.88. The second-order valence-electron chi connectivity index (χ2n) is 10.5. The van der Waals surface area contributed by atoms with Crippen LogP contribution in [-0.2, 0) is 16.1 Å². The lowest BCUT2D eigenvalue weighted by Gasteiger charge is -2.33. The Hall–Kier alpha value is -4.16. The molecule has 0 radical (unpaired) electrons. The van der Waals surface area contributed by atoms with Crippen LogP contribution < -0.4 is 5.32 Å². The lowest BCUT2D eigenvalue weighted by molar-refractivity contribution is -0.134. The molecule has 0 spiro atoms. The van der Waals surface area contributed by atoms with E-state index in [0.29, 0.717) is 13.0 Å². The topological polar surface area (TPSA) is 58.6 Å². The number of halogens is 1. The van der Waals surface area contributed by atoms with Gasteiger partial charge in [-0.2, -0.15) is 0 Å². The number of hydrogen-bond acceptors (Lipinski definition) is 3. The van der Waals surface area contributed by atoms with Crippen LogP contribution in [-0.4, -0.2) is 29.5 Å². The van der Waals surface area contributed by atoms with Gasteiger partial charge in [0, 0.05) is 29.4 Å². The summed E-state index contributed by atoms with van der Waals surface area (Å²) in [7, 11) is 0. The van der Waals surface area contributed by atoms with Gasteiger partial charge in [-0.15, -0.1) is 0 Å². The molecule has 4 aromatic carbocycles. The van der Waals surface area contributed by atoms with Crippen molar-refractivity contribution in [3.63, 3.8) is 0 Å². The Morgan fingerprint density at radius 3 is 2.17 bits per heavy atom. The zero-order valence-corrected chi connectivity index (χ0v) is 24.2. The fraction of sp³-hybridized carbons (Fsp3) is 0.200. The number of fused-ring (bicyclic) bond motifs is 3. The summed E-state index contributed by atoms with van der Waals surface area (Å²) >= 11 is 3.51. The average molecular weight is 608 g/mol. The maximum atomic E-state index is 13.7. The van der Waals surface area contributed by atoms with Crippen molar-refractivity contribution in [2.75, 3.05) is 6.61 Å². The van der Waals surface area contributed by atoms with Crippen LogP contribution in [0.15, 0.2) is 120 Å². The second kappa shape index (κ2) is 12.1. The minimum atomic E-state index is -0.502. The molecule has 0 fully saturated rings. The van der Waals surface area contributed by atoms with Crippen LogP contribution in [0.25, 0.3) is 11.1 Å². The molecule has 4 aromatic rings. The van der Waals surface area contributed by atoms with Crippen LogP contribution in [0, 0.1) is 0 Å². The molecule has 6 rings (SSSR count). The Morgan fingerprint density at radius 1 is 0.854 bits per heavy atom. The van der Waals surface area contributed by atoms with E-state index in [9.17, 15) is 9.59 Å². The van der Waals surface area contributed by atoms with Crippen molar-refractivity contribution in [3.05, 3.63) is 142 Å². The number of amides is 2. The first-order chi connectivity index (χ1) is 20.1. The lowest BCUT2D eigenvalue weighted by Crippen LogP contribution is -2.43. The highest BCUT2D eigenvalue weighted by atomic mass is 79.9. The monoisotopic (exact) mass is 606 g/mol. The predicted molar refractivity (Wildman–Crippen MR) is 164 cm³/mol. The number of nitrogens with one attached hydrogen (secondary N) is 1. The third kappa shape index (κ3) is 5.98. The Kier molecular flexibility index (Phi) is 8.01. The van der Waals surface area contributed by atoms with Gasteiger partial charge in [-0.25, -0.2) is 4.79 Å². The summed E-state index contributed by atoms with van der Waals surface area (Å²) in [6, 6.07) is 34.0. The van der Waals surface area contributed by atoms with Gasteiger partial charge in [0.1, 0.15) is 6.61 Å². The number of carbonyl (C=O) groups is 2. The minimum Gasteiger partial charge on any atom is -0.449 e. The number of hydrogen-bond donors (Lipinski definition) is 1. The number of nitrogens with zero attached hydrogens (tertiary/aromatic N) is 1. The third-order valence-electron chi connectivity index (χ3n) is 7.89. The van der Waals surface area contributed by atoms with E-state index >= 15 is 0 Å². The zero-order chi connectivity index (χ0) is 28.2. The minimum absolute atomic E-state index is 0.0138. The van der Waals surface area contributed by atoms with E-state index in [1.807, 2.05) is 83.8 Å². The van der Waals surface area contributed by atoms with Crippen LogP contribution in [0.5, 0.6) is 0 Å². The molecule has 1 aliphatic heterocycles. The van der Waals surface area contributed by atoms with Crippen LogP contribution in [0.4, 0.5) is 4.79 Å². The first-order valence-electron chi connectivity index (χ1n) is 13.9. The Labute approximate surface area is 249 Å². The van der Waals surface area contributed by atoms with Gasteiger partial charge in [0.25, 0.3) is 0 Å². The predicted octanol–water partition coefficient (Wildman–Crippen LogP) is 7.78. The first-order valence-corrected chi connectivity index (χ1v) is 14.7. The molecule has 1 heterocycles. The Bertz CT molecular complexity index is 1520. The molecule has 5 nitrogen and oxygen atoms in total. The van der Waals surface area contributed by atoms with Gasteiger partial charge in [-0.3, -0.25) is 4.79 Å². The van der Waals surface area contributed by atoms with E-state index in [-0.39, 0.29) is 36.9 Å². The fourth-order valence-corrected chi connectivity index (χ4v) is 6.14. The summed E-state index contributed by atoms with van der Waals surface area (Å²) in [5, 5.41) is 2.97. The van der Waals surface area contributed by atoms with Gasteiger partial charge < -0.3 is 15.0 Å². The molecule has 0 saturated heterocycles. The molecular formula is C35H31BrN2O3. The molecule has 1 unspecified atom stereocenters. The van der Waals surface area contributed by atoms with Crippen LogP contribution >= 0.6 is 15.9 Å². The lowest BCUT2D eigenvalue weighted by atomic mass is 9.98. The van der Waals surface area contributed by atoms with E-state index in [2.05, 4.69) is 57.7 Å². The normalized spacial score (nSPS) is 19.0. The number of alkyl carbamates (subject to hydrolysis) is 1. The molecular weight excluding hydrogens is 576 g/mol. The van der Waals surface area contributed by atoms with Gasteiger partial charge in [0.2, 0.25) is 5.91 Å². The maximum absolute atomic E-state index is 13.7. The Morgan fingerprint density at radius 2 is 1.49 bits per heavy atom. The third-order valence-corrected chi connectivity index (χ3v) is 8.42. The summed E-state index contributed by atoms with van der Waals surface area (Å²) in [5.41, 5.74) is 6.80. The maximum Gasteiger partial charge on any atom is 0.407 e. The molecule has 0 saturated carbocycles. The van der Waals surface area contributed by atoms with Gasteiger partial charge >= 0.3 is 6.09 Å². The van der Waals surface area contributed by atoms with Crippen molar-refractivity contribution in [2.24, 2.45) is 0 Å². The Balaban J connectivity index is 1.16. The van der Waals surface area contributed by atoms with Gasteiger partial charge in [-0.1, -0.05) is 119 Å². The molecule has 0 aromatic heterocycles. The van der Waals surface area contributed by atoms with Crippen molar-refractivity contribution in [2.45, 2.75) is 37.4 Å². The highest BCUT2D eigenvalue weighted by molar-refractivity contribution is 9.10. The molecule has 0 bridgehead atoms. The van der Waals surface area contributed by atoms with Gasteiger partial charge in [-0.05, 0) is 51.9 Å². The molecule has 1 N–H and O–H groups in total. The average Bonchev–Trinajstić information content (AvgIpc) is 3.31. The summed E-state index contributed by atoms with van der Waals surface area (Å²) < 4.78 is 6.76. The van der Waals surface area contributed by atoms with Crippen molar-refractivity contribution in [1.29, 1.82) is 0 Å². The van der Waals surface area contributed by atoms with E-state index < -0.39 is 6.09 Å².